The molecule has 32 heavy (non-hydrogen) atoms. The van der Waals surface area contributed by atoms with Gasteiger partial charge in [0.2, 0.25) is 17.7 Å². The van der Waals surface area contributed by atoms with E-state index in [0.29, 0.717) is 26.1 Å². The van der Waals surface area contributed by atoms with Crippen LogP contribution in [0.2, 0.25) is 0 Å². The highest BCUT2D eigenvalue weighted by Gasteiger charge is 2.32. The van der Waals surface area contributed by atoms with Crippen molar-refractivity contribution in [2.45, 2.75) is 38.6 Å². The van der Waals surface area contributed by atoms with Gasteiger partial charge in [0, 0.05) is 25.3 Å². The van der Waals surface area contributed by atoms with Gasteiger partial charge in [0.25, 0.3) is 0 Å². The Morgan fingerprint density at radius 2 is 1.84 bits per heavy atom. The number of para-hydroxylation sites is 1. The van der Waals surface area contributed by atoms with Crippen LogP contribution < -0.4 is 10.2 Å². The number of hydrogen-bond acceptors (Lipinski definition) is 3. The smallest absolute Gasteiger partial charge is 0.249 e. The summed E-state index contributed by atoms with van der Waals surface area (Å²) in [4.78, 5) is 41.9. The highest BCUT2D eigenvalue weighted by Crippen LogP contribution is 2.28. The minimum absolute atomic E-state index is 0.0769. The second-order valence-electron chi connectivity index (χ2n) is 8.58. The molecule has 0 saturated carbocycles. The van der Waals surface area contributed by atoms with Crippen molar-refractivity contribution in [2.75, 3.05) is 24.5 Å². The number of anilines is 1. The van der Waals surface area contributed by atoms with Crippen LogP contribution in [0.4, 0.5) is 10.1 Å². The predicted molar refractivity (Wildman–Crippen MR) is 120 cm³/mol. The SMILES string of the molecule is CC(NC(=O)C1CCCN(C(=O)Cc2ccc(F)cc2)C1)C(=O)N1CCc2ccccc21. The Labute approximate surface area is 187 Å². The van der Waals surface area contributed by atoms with Crippen LogP contribution in [0.1, 0.15) is 30.9 Å². The molecule has 2 aliphatic heterocycles. The lowest BCUT2D eigenvalue weighted by atomic mass is 9.96. The Hall–Kier alpha value is -3.22. The zero-order chi connectivity index (χ0) is 22.7. The van der Waals surface area contributed by atoms with Crippen molar-refractivity contribution in [3.8, 4) is 0 Å². The third-order valence-electron chi connectivity index (χ3n) is 6.30. The Bertz CT molecular complexity index is 1010. The second-order valence-corrected chi connectivity index (χ2v) is 8.58. The zero-order valence-corrected chi connectivity index (χ0v) is 18.2. The van der Waals surface area contributed by atoms with Gasteiger partial charge in [0.15, 0.2) is 0 Å². The van der Waals surface area contributed by atoms with Gasteiger partial charge in [-0.15, -0.1) is 0 Å². The van der Waals surface area contributed by atoms with Crippen molar-refractivity contribution in [1.82, 2.24) is 10.2 Å². The number of fused-ring (bicyclic) bond motifs is 1. The first-order valence-electron chi connectivity index (χ1n) is 11.1. The van der Waals surface area contributed by atoms with Gasteiger partial charge in [-0.1, -0.05) is 30.3 Å². The summed E-state index contributed by atoms with van der Waals surface area (Å²) in [6.07, 6.45) is 2.41. The molecule has 2 atom stereocenters. The molecule has 168 valence electrons. The van der Waals surface area contributed by atoms with Gasteiger partial charge in [-0.25, -0.2) is 4.39 Å². The number of piperidine rings is 1. The monoisotopic (exact) mass is 437 g/mol. The van der Waals surface area contributed by atoms with Crippen LogP contribution >= 0.6 is 0 Å². The van der Waals surface area contributed by atoms with E-state index in [9.17, 15) is 18.8 Å². The molecular weight excluding hydrogens is 409 g/mol. The van der Waals surface area contributed by atoms with Crippen LogP contribution in [-0.2, 0) is 27.2 Å². The number of hydrogen-bond donors (Lipinski definition) is 1. The first-order chi connectivity index (χ1) is 15.4. The standard InChI is InChI=1S/C25H28FN3O3/c1-17(25(32)29-14-12-19-5-2-3-7-22(19)29)27-24(31)20-6-4-13-28(16-20)23(30)15-18-8-10-21(26)11-9-18/h2-3,5,7-11,17,20H,4,6,12-16H2,1H3,(H,27,31). The summed E-state index contributed by atoms with van der Waals surface area (Å²) in [5.41, 5.74) is 2.80. The highest BCUT2D eigenvalue weighted by molar-refractivity contribution is 6.00. The molecule has 0 aromatic heterocycles. The zero-order valence-electron chi connectivity index (χ0n) is 18.2. The lowest BCUT2D eigenvalue weighted by Gasteiger charge is -2.33. The summed E-state index contributed by atoms with van der Waals surface area (Å²) in [6, 6.07) is 13.1. The van der Waals surface area contributed by atoms with Crippen LogP contribution in [-0.4, -0.2) is 48.3 Å². The Kier molecular flexibility index (Phi) is 6.53. The van der Waals surface area contributed by atoms with Crippen LogP contribution in [0.5, 0.6) is 0 Å². The minimum Gasteiger partial charge on any atom is -0.344 e. The topological polar surface area (TPSA) is 69.7 Å². The molecule has 0 bridgehead atoms. The Morgan fingerprint density at radius 3 is 2.62 bits per heavy atom. The van der Waals surface area contributed by atoms with Gasteiger partial charge in [0.05, 0.1) is 12.3 Å². The number of nitrogens with one attached hydrogen (secondary N) is 1. The van der Waals surface area contributed by atoms with Crippen LogP contribution in [0.3, 0.4) is 0 Å². The van der Waals surface area contributed by atoms with E-state index >= 15 is 0 Å². The molecule has 0 aliphatic carbocycles. The summed E-state index contributed by atoms with van der Waals surface area (Å²) < 4.78 is 13.1. The number of carbonyl (C=O) groups excluding carboxylic acids is 3. The molecule has 0 radical (unpaired) electrons. The van der Waals surface area contributed by atoms with Gasteiger partial charge < -0.3 is 15.1 Å². The maximum absolute atomic E-state index is 13.1. The van der Waals surface area contributed by atoms with Crippen molar-refractivity contribution >= 4 is 23.4 Å². The molecule has 2 aromatic rings. The van der Waals surface area contributed by atoms with E-state index in [1.54, 1.807) is 28.9 Å². The lowest BCUT2D eigenvalue weighted by Crippen LogP contribution is -2.51. The fraction of sp³-hybridized carbons (Fsp3) is 0.400. The largest absolute Gasteiger partial charge is 0.344 e. The van der Waals surface area contributed by atoms with E-state index in [-0.39, 0.29) is 35.9 Å². The number of nitrogens with zero attached hydrogens (tertiary/aromatic N) is 2. The molecule has 3 amide bonds. The van der Waals surface area contributed by atoms with Crippen molar-refractivity contribution in [3.05, 3.63) is 65.5 Å². The number of carbonyl (C=O) groups is 3. The number of likely N-dealkylation sites (tertiary alicyclic amines) is 1. The molecule has 4 rings (SSSR count). The van der Waals surface area contributed by atoms with Gasteiger partial charge in [-0.05, 0) is 55.5 Å². The molecule has 2 unspecified atom stereocenters. The second kappa shape index (κ2) is 9.51. The summed E-state index contributed by atoms with van der Waals surface area (Å²) in [5, 5.41) is 2.86. The minimum atomic E-state index is -0.640. The molecule has 6 nitrogen and oxygen atoms in total. The third-order valence-corrected chi connectivity index (χ3v) is 6.30. The summed E-state index contributed by atoms with van der Waals surface area (Å²) in [5.74, 6) is -1.08. The molecule has 1 N–H and O–H groups in total. The van der Waals surface area contributed by atoms with Crippen molar-refractivity contribution in [2.24, 2.45) is 5.92 Å². The van der Waals surface area contributed by atoms with E-state index in [2.05, 4.69) is 5.32 Å². The van der Waals surface area contributed by atoms with Crippen molar-refractivity contribution in [1.29, 1.82) is 0 Å². The van der Waals surface area contributed by atoms with Gasteiger partial charge >= 0.3 is 0 Å². The highest BCUT2D eigenvalue weighted by atomic mass is 19.1. The molecule has 2 heterocycles. The van der Waals surface area contributed by atoms with E-state index in [4.69, 9.17) is 0 Å². The first kappa shape index (κ1) is 22.0. The molecule has 0 spiro atoms. The van der Waals surface area contributed by atoms with E-state index < -0.39 is 6.04 Å². The third kappa shape index (κ3) is 4.82. The fourth-order valence-corrected chi connectivity index (χ4v) is 4.50. The average Bonchev–Trinajstić information content (AvgIpc) is 3.24. The number of halogens is 1. The van der Waals surface area contributed by atoms with E-state index in [0.717, 1.165) is 29.7 Å². The number of amides is 3. The number of rotatable bonds is 5. The summed E-state index contributed by atoms with van der Waals surface area (Å²) in [7, 11) is 0. The number of benzene rings is 2. The summed E-state index contributed by atoms with van der Waals surface area (Å²) in [6.45, 7) is 3.26. The van der Waals surface area contributed by atoms with Gasteiger partial charge in [-0.3, -0.25) is 14.4 Å². The van der Waals surface area contributed by atoms with Gasteiger partial charge in [0.1, 0.15) is 11.9 Å². The normalized spacial score (nSPS) is 18.8. The van der Waals surface area contributed by atoms with E-state index in [1.165, 1.54) is 12.1 Å². The predicted octanol–water partition coefficient (Wildman–Crippen LogP) is 2.70. The fourth-order valence-electron chi connectivity index (χ4n) is 4.50. The van der Waals surface area contributed by atoms with Crippen LogP contribution in [0, 0.1) is 11.7 Å². The molecule has 2 aliphatic rings. The summed E-state index contributed by atoms with van der Waals surface area (Å²) >= 11 is 0. The van der Waals surface area contributed by atoms with Crippen molar-refractivity contribution in [3.63, 3.8) is 0 Å². The quantitative estimate of drug-likeness (QED) is 0.782. The van der Waals surface area contributed by atoms with Crippen LogP contribution in [0.15, 0.2) is 48.5 Å². The Morgan fingerprint density at radius 1 is 1.09 bits per heavy atom. The maximum atomic E-state index is 13.1. The van der Waals surface area contributed by atoms with E-state index in [1.807, 2.05) is 24.3 Å². The molecular formula is C25H28FN3O3. The molecule has 2 aromatic carbocycles. The maximum Gasteiger partial charge on any atom is 0.249 e. The van der Waals surface area contributed by atoms with Gasteiger partial charge in [-0.2, -0.15) is 0 Å². The lowest BCUT2D eigenvalue weighted by molar-refractivity contribution is -0.136. The average molecular weight is 438 g/mol. The van der Waals surface area contributed by atoms with Crippen molar-refractivity contribution < 1.29 is 18.8 Å². The molecule has 1 fully saturated rings. The molecule has 7 heteroatoms. The Balaban J connectivity index is 1.32. The molecule has 1 saturated heterocycles. The van der Waals surface area contributed by atoms with Crippen LogP contribution in [0.25, 0.3) is 0 Å². The first-order valence-corrected chi connectivity index (χ1v) is 11.1.